The maximum atomic E-state index is 10.6. The van der Waals surface area contributed by atoms with Crippen LogP contribution in [0.15, 0.2) is 42.5 Å². The molecule has 4 N–H and O–H groups in total. The van der Waals surface area contributed by atoms with Crippen LogP contribution in [0.3, 0.4) is 0 Å². The van der Waals surface area contributed by atoms with Crippen LogP contribution in [0.1, 0.15) is 22.3 Å². The lowest BCUT2D eigenvalue weighted by Crippen LogP contribution is -2.64. The summed E-state index contributed by atoms with van der Waals surface area (Å²) in [5.41, 5.74) is 3.43. The molecule has 3 rings (SSSR count). The molecule has 0 aliphatic carbocycles. The number of benzene rings is 2. The highest BCUT2D eigenvalue weighted by Crippen LogP contribution is 2.40. The van der Waals surface area contributed by atoms with Crippen LogP contribution in [-0.2, 0) is 21.7 Å². The Bertz CT molecular complexity index is 809. The van der Waals surface area contributed by atoms with E-state index in [2.05, 4.69) is 0 Å². The van der Waals surface area contributed by atoms with Gasteiger partial charge in [0, 0.05) is 17.7 Å². The van der Waals surface area contributed by atoms with Crippen LogP contribution in [0.2, 0.25) is 5.02 Å². The third-order valence-electron chi connectivity index (χ3n) is 5.22. The zero-order chi connectivity index (χ0) is 20.5. The molecule has 5 unspecified atom stereocenters. The van der Waals surface area contributed by atoms with Gasteiger partial charge in [-0.25, -0.2) is 0 Å². The van der Waals surface area contributed by atoms with E-state index >= 15 is 0 Å². The van der Waals surface area contributed by atoms with Crippen molar-refractivity contribution < 1.29 is 29.9 Å². The van der Waals surface area contributed by atoms with Crippen LogP contribution in [0, 0.1) is 6.92 Å². The van der Waals surface area contributed by atoms with Gasteiger partial charge >= 0.3 is 0 Å². The minimum absolute atomic E-state index is 0.429. The van der Waals surface area contributed by atoms with E-state index in [9.17, 15) is 20.4 Å². The van der Waals surface area contributed by atoms with E-state index in [0.717, 1.165) is 16.7 Å². The van der Waals surface area contributed by atoms with Crippen molar-refractivity contribution in [2.75, 3.05) is 13.7 Å². The van der Waals surface area contributed by atoms with Gasteiger partial charge in [0.1, 0.15) is 24.4 Å². The zero-order valence-corrected chi connectivity index (χ0v) is 16.5. The number of aryl methyl sites for hydroxylation is 1. The highest BCUT2D eigenvalue weighted by Gasteiger charge is 2.55. The Morgan fingerprint density at radius 2 is 1.75 bits per heavy atom. The summed E-state index contributed by atoms with van der Waals surface area (Å²) in [5, 5.41) is 41.0. The van der Waals surface area contributed by atoms with E-state index < -0.39 is 36.8 Å². The zero-order valence-electron chi connectivity index (χ0n) is 15.7. The Hall–Kier alpha value is -1.51. The Morgan fingerprint density at radius 1 is 1.07 bits per heavy atom. The molecule has 2 aromatic rings. The highest BCUT2D eigenvalue weighted by atomic mass is 35.5. The van der Waals surface area contributed by atoms with Crippen molar-refractivity contribution in [3.63, 3.8) is 0 Å². The first kappa shape index (κ1) is 21.2. The molecule has 1 heterocycles. The molecule has 0 amide bonds. The van der Waals surface area contributed by atoms with Crippen LogP contribution >= 0.6 is 11.6 Å². The second-order valence-corrected chi connectivity index (χ2v) is 7.51. The van der Waals surface area contributed by atoms with Gasteiger partial charge in [0.2, 0.25) is 5.79 Å². The molecule has 6 nitrogen and oxygen atoms in total. The van der Waals surface area contributed by atoms with Crippen LogP contribution in [0.5, 0.6) is 0 Å². The van der Waals surface area contributed by atoms with Gasteiger partial charge in [0.25, 0.3) is 0 Å². The molecule has 1 aliphatic rings. The standard InChI is InChI=1S/C21H25ClO6/c1-12-3-5-13(6-4-12)9-14-10-15(7-8-16(14)22)21(27-2)20(26)19(25)18(24)17(11-23)28-21/h3-8,10,17-20,23-26H,9,11H2,1-2H3. The Kier molecular flexibility index (Phi) is 6.41. The minimum atomic E-state index is -1.75. The van der Waals surface area contributed by atoms with Gasteiger partial charge in [-0.3, -0.25) is 0 Å². The smallest absolute Gasteiger partial charge is 0.224 e. The molecule has 1 fully saturated rings. The Balaban J connectivity index is 2.00. The lowest BCUT2D eigenvalue weighted by molar-refractivity contribution is -0.366. The van der Waals surface area contributed by atoms with Crippen molar-refractivity contribution in [1.29, 1.82) is 0 Å². The van der Waals surface area contributed by atoms with Crippen molar-refractivity contribution in [2.24, 2.45) is 0 Å². The van der Waals surface area contributed by atoms with Gasteiger partial charge in [-0.15, -0.1) is 0 Å². The van der Waals surface area contributed by atoms with Gasteiger partial charge in [0.05, 0.1) is 6.61 Å². The molecule has 5 atom stereocenters. The molecule has 0 radical (unpaired) electrons. The van der Waals surface area contributed by atoms with Gasteiger partial charge in [0.15, 0.2) is 0 Å². The number of hydrogen-bond donors (Lipinski definition) is 4. The number of aliphatic hydroxyl groups is 4. The molecule has 1 aliphatic heterocycles. The van der Waals surface area contributed by atoms with Crippen molar-refractivity contribution >= 4 is 11.6 Å². The summed E-state index contributed by atoms with van der Waals surface area (Å²) in [4.78, 5) is 0. The quantitative estimate of drug-likeness (QED) is 0.598. The summed E-state index contributed by atoms with van der Waals surface area (Å²) in [6.45, 7) is 1.47. The SMILES string of the molecule is COC1(c2ccc(Cl)c(Cc3ccc(C)cc3)c2)OC(CO)C(O)C(O)C1O. The van der Waals surface area contributed by atoms with Crippen LogP contribution in [-0.4, -0.2) is 58.6 Å². The largest absolute Gasteiger partial charge is 0.394 e. The van der Waals surface area contributed by atoms with Gasteiger partial charge in [-0.2, -0.15) is 0 Å². The topological polar surface area (TPSA) is 99.4 Å². The van der Waals surface area contributed by atoms with Crippen LogP contribution in [0.25, 0.3) is 0 Å². The summed E-state index contributed by atoms with van der Waals surface area (Å²) in [6.07, 6.45) is -5.12. The molecule has 7 heteroatoms. The first-order valence-corrected chi connectivity index (χ1v) is 9.42. The summed E-state index contributed by atoms with van der Waals surface area (Å²) in [6, 6.07) is 13.1. The average Bonchev–Trinajstić information content (AvgIpc) is 2.70. The van der Waals surface area contributed by atoms with Gasteiger partial charge in [-0.05, 0) is 36.6 Å². The maximum Gasteiger partial charge on any atom is 0.224 e. The third kappa shape index (κ3) is 3.82. The van der Waals surface area contributed by atoms with E-state index in [1.165, 1.54) is 7.11 Å². The fourth-order valence-corrected chi connectivity index (χ4v) is 3.70. The Labute approximate surface area is 168 Å². The predicted molar refractivity (Wildman–Crippen MR) is 104 cm³/mol. The van der Waals surface area contributed by atoms with E-state index in [4.69, 9.17) is 21.1 Å². The normalized spacial score (nSPS) is 30.4. The van der Waals surface area contributed by atoms with E-state index in [-0.39, 0.29) is 0 Å². The highest BCUT2D eigenvalue weighted by molar-refractivity contribution is 6.31. The number of aliphatic hydroxyl groups excluding tert-OH is 4. The van der Waals surface area contributed by atoms with Crippen LogP contribution in [0.4, 0.5) is 0 Å². The predicted octanol–water partition coefficient (Wildman–Crippen LogP) is 1.51. The second kappa shape index (κ2) is 8.47. The van der Waals surface area contributed by atoms with Crippen molar-refractivity contribution in [2.45, 2.75) is 43.5 Å². The third-order valence-corrected chi connectivity index (χ3v) is 5.59. The second-order valence-electron chi connectivity index (χ2n) is 7.11. The Morgan fingerprint density at radius 3 is 2.36 bits per heavy atom. The number of methoxy groups -OCH3 is 1. The molecule has 28 heavy (non-hydrogen) atoms. The fraction of sp³-hybridized carbons (Fsp3) is 0.429. The maximum absolute atomic E-state index is 10.6. The van der Waals surface area contributed by atoms with Gasteiger partial charge in [-0.1, -0.05) is 47.5 Å². The fourth-order valence-electron chi connectivity index (χ4n) is 3.52. The average molecular weight is 409 g/mol. The van der Waals surface area contributed by atoms with E-state index in [1.807, 2.05) is 31.2 Å². The van der Waals surface area contributed by atoms with Gasteiger partial charge < -0.3 is 29.9 Å². The lowest BCUT2D eigenvalue weighted by Gasteiger charge is -2.47. The summed E-state index contributed by atoms with van der Waals surface area (Å²) < 4.78 is 11.2. The molecule has 2 aromatic carbocycles. The molecular formula is C21H25ClO6. The summed E-state index contributed by atoms with van der Waals surface area (Å²) in [5.74, 6) is -1.75. The molecule has 152 valence electrons. The van der Waals surface area contributed by atoms with Crippen LogP contribution < -0.4 is 0 Å². The first-order chi connectivity index (χ1) is 13.3. The number of rotatable bonds is 5. The molecule has 0 saturated carbocycles. The monoisotopic (exact) mass is 408 g/mol. The molecule has 0 aromatic heterocycles. The minimum Gasteiger partial charge on any atom is -0.394 e. The summed E-state index contributed by atoms with van der Waals surface area (Å²) in [7, 11) is 1.33. The summed E-state index contributed by atoms with van der Waals surface area (Å²) >= 11 is 6.38. The molecule has 0 spiro atoms. The van der Waals surface area contributed by atoms with Crippen molar-refractivity contribution in [3.05, 3.63) is 69.7 Å². The van der Waals surface area contributed by atoms with Crippen molar-refractivity contribution in [3.8, 4) is 0 Å². The molecule has 1 saturated heterocycles. The van der Waals surface area contributed by atoms with E-state index in [0.29, 0.717) is 17.0 Å². The van der Waals surface area contributed by atoms with Crippen molar-refractivity contribution in [1.82, 2.24) is 0 Å². The molecular weight excluding hydrogens is 384 g/mol. The molecule has 0 bridgehead atoms. The number of ether oxygens (including phenoxy) is 2. The number of halogens is 1. The number of hydrogen-bond acceptors (Lipinski definition) is 6. The first-order valence-electron chi connectivity index (χ1n) is 9.05. The van der Waals surface area contributed by atoms with E-state index in [1.54, 1.807) is 18.2 Å². The lowest BCUT2D eigenvalue weighted by atomic mass is 9.87.